The number of hydrogen-bond donors (Lipinski definition) is 1. The number of benzene rings is 3. The van der Waals surface area contributed by atoms with Gasteiger partial charge in [0.2, 0.25) is 5.62 Å². The molecule has 0 saturated carbocycles. The SMILES string of the molecule is CCOC(=O)C(=CN=c1nc2cc([N+](=O)[O-])ccc2c2[nH]c3cccc4cccc(c43)n12)C(=O)OCC. The molecule has 2 heterocycles. The molecular formula is C26H21N5O6. The maximum Gasteiger partial charge on any atom is 0.347 e. The first kappa shape index (κ1) is 23.7. The predicted octanol–water partition coefficient (Wildman–Crippen LogP) is 3.94. The van der Waals surface area contributed by atoms with Gasteiger partial charge in [0.05, 0.1) is 35.4 Å². The third kappa shape index (κ3) is 4.16. The van der Waals surface area contributed by atoms with E-state index in [-0.39, 0.29) is 24.5 Å². The zero-order chi connectivity index (χ0) is 26.1. The van der Waals surface area contributed by atoms with Gasteiger partial charge < -0.3 is 14.5 Å². The standard InChI is InChI=1S/C26H21N5O6/c1-3-36-24(32)18(25(33)37-4-2)14-27-26-29-20-13-16(31(34)35)11-12-17(20)23-28-19-9-5-7-15-8-6-10-21(22(15)19)30(23)26/h5-14,28H,3-4H2,1-2H3. The predicted molar refractivity (Wildman–Crippen MR) is 136 cm³/mol. The fourth-order valence-electron chi connectivity index (χ4n) is 4.21. The summed E-state index contributed by atoms with van der Waals surface area (Å²) in [6.07, 6.45) is 1.05. The van der Waals surface area contributed by atoms with E-state index >= 15 is 0 Å². The van der Waals surface area contributed by atoms with Gasteiger partial charge in [-0.05, 0) is 37.4 Å². The highest BCUT2D eigenvalue weighted by molar-refractivity contribution is 6.14. The Labute approximate surface area is 208 Å². The number of nitrogens with one attached hydrogen (secondary N) is 1. The molecule has 0 aliphatic carbocycles. The maximum absolute atomic E-state index is 12.5. The molecule has 5 rings (SSSR count). The van der Waals surface area contributed by atoms with Gasteiger partial charge in [0.1, 0.15) is 5.65 Å². The van der Waals surface area contributed by atoms with Gasteiger partial charge in [0, 0.05) is 28.4 Å². The van der Waals surface area contributed by atoms with Crippen molar-refractivity contribution in [2.45, 2.75) is 13.8 Å². The zero-order valence-corrected chi connectivity index (χ0v) is 19.9. The summed E-state index contributed by atoms with van der Waals surface area (Å²) in [6, 6.07) is 16.0. The van der Waals surface area contributed by atoms with Crippen LogP contribution < -0.4 is 5.62 Å². The summed E-state index contributed by atoms with van der Waals surface area (Å²) in [4.78, 5) is 48.2. The normalized spacial score (nSPS) is 11.8. The topological polar surface area (TPSA) is 141 Å². The average Bonchev–Trinajstić information content (AvgIpc) is 2.89. The summed E-state index contributed by atoms with van der Waals surface area (Å²) in [5.41, 5.74) is 2.04. The Balaban J connectivity index is 1.92. The van der Waals surface area contributed by atoms with E-state index in [1.165, 1.54) is 12.1 Å². The van der Waals surface area contributed by atoms with E-state index in [1.807, 2.05) is 36.4 Å². The van der Waals surface area contributed by atoms with E-state index in [1.54, 1.807) is 24.3 Å². The quantitative estimate of drug-likeness (QED) is 0.0545. The van der Waals surface area contributed by atoms with Crippen molar-refractivity contribution in [1.82, 2.24) is 14.4 Å². The van der Waals surface area contributed by atoms with E-state index in [9.17, 15) is 19.7 Å². The van der Waals surface area contributed by atoms with Crippen LogP contribution in [-0.4, -0.2) is 44.4 Å². The molecule has 186 valence electrons. The lowest BCUT2D eigenvalue weighted by molar-refractivity contribution is -0.384. The lowest BCUT2D eigenvalue weighted by Gasteiger charge is -2.13. The number of ether oxygens (including phenoxy) is 2. The highest BCUT2D eigenvalue weighted by atomic mass is 16.6. The number of nitro groups is 1. The van der Waals surface area contributed by atoms with Crippen LogP contribution in [0.2, 0.25) is 0 Å². The van der Waals surface area contributed by atoms with E-state index in [4.69, 9.17) is 9.47 Å². The van der Waals surface area contributed by atoms with E-state index in [2.05, 4.69) is 15.0 Å². The highest BCUT2D eigenvalue weighted by Crippen LogP contribution is 2.28. The van der Waals surface area contributed by atoms with Crippen LogP contribution in [-0.2, 0) is 19.1 Å². The molecule has 2 aromatic heterocycles. The Morgan fingerprint density at radius 2 is 1.78 bits per heavy atom. The number of esters is 2. The fraction of sp³-hybridized carbons (Fsp3) is 0.154. The van der Waals surface area contributed by atoms with Crippen molar-refractivity contribution in [2.24, 2.45) is 4.99 Å². The molecule has 5 aromatic rings. The summed E-state index contributed by atoms with van der Waals surface area (Å²) in [7, 11) is 0. The van der Waals surface area contributed by atoms with Crippen LogP contribution in [0.15, 0.2) is 71.4 Å². The number of carbonyl (C=O) groups excluding carboxylic acids is 2. The largest absolute Gasteiger partial charge is 0.462 e. The van der Waals surface area contributed by atoms with E-state index in [0.717, 1.165) is 28.0 Å². The molecule has 0 unspecified atom stereocenters. The number of nitrogens with zero attached hydrogens (tertiary/aromatic N) is 4. The molecule has 0 fully saturated rings. The number of fused-ring (bicyclic) bond motifs is 4. The number of aromatic nitrogens is 3. The van der Waals surface area contributed by atoms with Crippen LogP contribution in [0.3, 0.4) is 0 Å². The van der Waals surface area contributed by atoms with Crippen LogP contribution in [0, 0.1) is 10.1 Å². The van der Waals surface area contributed by atoms with Crippen molar-refractivity contribution in [1.29, 1.82) is 0 Å². The molecule has 0 aliphatic heterocycles. The Bertz CT molecular complexity index is 1810. The number of non-ortho nitro benzene ring substituents is 1. The lowest BCUT2D eigenvalue weighted by atomic mass is 10.1. The molecule has 11 heteroatoms. The fourth-order valence-corrected chi connectivity index (χ4v) is 4.21. The van der Waals surface area contributed by atoms with Crippen LogP contribution >= 0.6 is 0 Å². The molecule has 11 nitrogen and oxygen atoms in total. The van der Waals surface area contributed by atoms with Gasteiger partial charge in [-0.15, -0.1) is 0 Å². The summed E-state index contributed by atoms with van der Waals surface area (Å²) in [5.74, 6) is -1.77. The number of carbonyl (C=O) groups is 2. The minimum absolute atomic E-state index is 0.0559. The van der Waals surface area contributed by atoms with E-state index in [0.29, 0.717) is 16.6 Å². The van der Waals surface area contributed by atoms with Gasteiger partial charge in [-0.1, -0.05) is 24.3 Å². The second-order valence-electron chi connectivity index (χ2n) is 7.97. The third-order valence-electron chi connectivity index (χ3n) is 5.77. The van der Waals surface area contributed by atoms with Crippen molar-refractivity contribution >= 4 is 56.0 Å². The number of hydrogen-bond acceptors (Lipinski definition) is 8. The molecular weight excluding hydrogens is 478 g/mol. The van der Waals surface area contributed by atoms with Crippen LogP contribution in [0.4, 0.5) is 5.69 Å². The first-order chi connectivity index (χ1) is 17.9. The van der Waals surface area contributed by atoms with Gasteiger partial charge in [0.25, 0.3) is 5.69 Å². The molecule has 0 aliphatic rings. The maximum atomic E-state index is 12.5. The summed E-state index contributed by atoms with van der Waals surface area (Å²) in [5, 5.41) is 13.9. The third-order valence-corrected chi connectivity index (χ3v) is 5.77. The van der Waals surface area contributed by atoms with Gasteiger partial charge >= 0.3 is 11.9 Å². The first-order valence-corrected chi connectivity index (χ1v) is 11.5. The summed E-state index contributed by atoms with van der Waals surface area (Å²) < 4.78 is 11.7. The number of H-pyrrole nitrogens is 1. The number of aromatic amines is 1. The Morgan fingerprint density at radius 3 is 2.46 bits per heavy atom. The highest BCUT2D eigenvalue weighted by Gasteiger charge is 2.21. The molecule has 0 bridgehead atoms. The van der Waals surface area contributed by atoms with Gasteiger partial charge in [-0.2, -0.15) is 0 Å². The van der Waals surface area contributed by atoms with Gasteiger partial charge in [0.15, 0.2) is 5.57 Å². The van der Waals surface area contributed by atoms with Crippen molar-refractivity contribution in [2.75, 3.05) is 13.2 Å². The summed E-state index contributed by atoms with van der Waals surface area (Å²) in [6.45, 7) is 3.35. The minimum atomic E-state index is -0.884. The number of nitro benzene ring substituents is 1. The van der Waals surface area contributed by atoms with E-state index < -0.39 is 22.4 Å². The molecule has 0 radical (unpaired) electrons. The van der Waals surface area contributed by atoms with Gasteiger partial charge in [-0.3, -0.25) is 14.5 Å². The Kier molecular flexibility index (Phi) is 6.10. The average molecular weight is 499 g/mol. The Hall–Kier alpha value is -5.06. The molecule has 0 spiro atoms. The molecule has 0 saturated heterocycles. The van der Waals surface area contributed by atoms with Crippen molar-refractivity contribution in [3.05, 3.63) is 82.1 Å². The second-order valence-corrected chi connectivity index (χ2v) is 7.97. The molecule has 1 N–H and O–H groups in total. The van der Waals surface area contributed by atoms with Crippen LogP contribution in [0.5, 0.6) is 0 Å². The molecule has 0 amide bonds. The minimum Gasteiger partial charge on any atom is -0.462 e. The van der Waals surface area contributed by atoms with Crippen molar-refractivity contribution < 1.29 is 24.0 Å². The second kappa shape index (κ2) is 9.53. The number of rotatable bonds is 6. The smallest absolute Gasteiger partial charge is 0.347 e. The van der Waals surface area contributed by atoms with Gasteiger partial charge in [-0.25, -0.2) is 19.6 Å². The first-order valence-electron chi connectivity index (χ1n) is 11.5. The van der Waals surface area contributed by atoms with Crippen molar-refractivity contribution in [3.63, 3.8) is 0 Å². The molecule has 3 aromatic carbocycles. The Morgan fingerprint density at radius 1 is 1.08 bits per heavy atom. The zero-order valence-electron chi connectivity index (χ0n) is 19.9. The monoisotopic (exact) mass is 499 g/mol. The lowest BCUT2D eigenvalue weighted by Crippen LogP contribution is -2.22. The van der Waals surface area contributed by atoms with Crippen LogP contribution in [0.1, 0.15) is 13.8 Å². The van der Waals surface area contributed by atoms with Crippen LogP contribution in [0.25, 0.3) is 38.4 Å². The summed E-state index contributed by atoms with van der Waals surface area (Å²) >= 11 is 0. The molecule has 0 atom stereocenters. The van der Waals surface area contributed by atoms with Crippen molar-refractivity contribution in [3.8, 4) is 0 Å². The molecule has 37 heavy (non-hydrogen) atoms.